The Labute approximate surface area is 216 Å². The standard InChI is InChI=1S/C25H56O5Si4/c1-12-15-20-31(6,7)28-34(29-32(8,9)21-16-13-2,30-33(10,11)22-17-14-3)23-18-19-27-25(26)24(4)5/h4,12-23H2,1-3,5-11H3. The van der Waals surface area contributed by atoms with Crippen molar-refractivity contribution in [1.29, 1.82) is 0 Å². The predicted octanol–water partition coefficient (Wildman–Crippen LogP) is 8.50. The van der Waals surface area contributed by atoms with Crippen molar-refractivity contribution in [2.24, 2.45) is 0 Å². The van der Waals surface area contributed by atoms with Crippen LogP contribution < -0.4 is 0 Å². The molecular formula is C25H56O5Si4. The fourth-order valence-electron chi connectivity index (χ4n) is 4.02. The molecule has 0 fully saturated rings. The Kier molecular flexibility index (Phi) is 15.9. The number of carbonyl (C=O) groups is 1. The van der Waals surface area contributed by atoms with E-state index in [4.69, 9.17) is 17.1 Å². The summed E-state index contributed by atoms with van der Waals surface area (Å²) in [5, 5.41) is 0. The highest BCUT2D eigenvalue weighted by molar-refractivity contribution is 6.90. The third kappa shape index (κ3) is 15.2. The summed E-state index contributed by atoms with van der Waals surface area (Å²) in [6.45, 7) is 26.3. The number of hydrogen-bond acceptors (Lipinski definition) is 5. The molecule has 0 radical (unpaired) electrons. The molecule has 0 aliphatic carbocycles. The fourth-order valence-corrected chi connectivity index (χ4v) is 22.4. The van der Waals surface area contributed by atoms with Crippen LogP contribution in [0.1, 0.15) is 72.6 Å². The summed E-state index contributed by atoms with van der Waals surface area (Å²) >= 11 is 0. The third-order valence-corrected chi connectivity index (χ3v) is 21.9. The molecule has 202 valence electrons. The van der Waals surface area contributed by atoms with E-state index in [1.807, 2.05) is 0 Å². The van der Waals surface area contributed by atoms with Gasteiger partial charge in [0.15, 0.2) is 25.0 Å². The van der Waals surface area contributed by atoms with Crippen molar-refractivity contribution in [2.75, 3.05) is 6.61 Å². The summed E-state index contributed by atoms with van der Waals surface area (Å²) < 4.78 is 26.9. The first-order chi connectivity index (χ1) is 15.6. The topological polar surface area (TPSA) is 54.0 Å². The Morgan fingerprint density at radius 2 is 1.00 bits per heavy atom. The van der Waals surface area contributed by atoms with Gasteiger partial charge in [0, 0.05) is 11.6 Å². The highest BCUT2D eigenvalue weighted by Crippen LogP contribution is 2.34. The Hall–Kier alpha value is -0.0425. The first-order valence-electron chi connectivity index (χ1n) is 13.6. The van der Waals surface area contributed by atoms with E-state index in [0.717, 1.165) is 18.1 Å². The highest BCUT2D eigenvalue weighted by Gasteiger charge is 2.51. The van der Waals surface area contributed by atoms with E-state index in [-0.39, 0.29) is 5.97 Å². The summed E-state index contributed by atoms with van der Waals surface area (Å²) in [6, 6.07) is 4.06. The summed E-state index contributed by atoms with van der Waals surface area (Å²) in [6.07, 6.45) is 7.72. The fraction of sp³-hybridized carbons (Fsp3) is 0.880. The minimum atomic E-state index is -2.98. The lowest BCUT2D eigenvalue weighted by Gasteiger charge is -2.45. The van der Waals surface area contributed by atoms with E-state index in [0.29, 0.717) is 24.6 Å². The quantitative estimate of drug-likeness (QED) is 0.0660. The maximum absolute atomic E-state index is 11.9. The second kappa shape index (κ2) is 15.9. The number of hydrogen-bond donors (Lipinski definition) is 0. The molecule has 5 nitrogen and oxygen atoms in total. The molecule has 0 rings (SSSR count). The van der Waals surface area contributed by atoms with Gasteiger partial charge < -0.3 is 17.1 Å². The molecule has 0 saturated carbocycles. The van der Waals surface area contributed by atoms with E-state index in [9.17, 15) is 4.79 Å². The smallest absolute Gasteiger partial charge is 0.462 e. The summed E-state index contributed by atoms with van der Waals surface area (Å²) in [7, 11) is -8.94. The zero-order valence-electron chi connectivity index (χ0n) is 24.2. The maximum atomic E-state index is 11.9. The van der Waals surface area contributed by atoms with Crippen LogP contribution in [-0.4, -0.2) is 46.3 Å². The van der Waals surface area contributed by atoms with Gasteiger partial charge >= 0.3 is 14.8 Å². The van der Waals surface area contributed by atoms with E-state index >= 15 is 0 Å². The van der Waals surface area contributed by atoms with Gasteiger partial charge in [0.05, 0.1) is 6.61 Å². The van der Waals surface area contributed by atoms with Crippen molar-refractivity contribution in [3.8, 4) is 0 Å². The van der Waals surface area contributed by atoms with Gasteiger partial charge in [-0.25, -0.2) is 4.79 Å². The van der Waals surface area contributed by atoms with E-state index < -0.39 is 33.8 Å². The molecule has 0 spiro atoms. The van der Waals surface area contributed by atoms with Crippen LogP contribution in [0.5, 0.6) is 0 Å². The molecule has 0 aromatic heterocycles. The van der Waals surface area contributed by atoms with Crippen LogP contribution in [0.2, 0.25) is 63.5 Å². The summed E-state index contributed by atoms with van der Waals surface area (Å²) in [5.41, 5.74) is 0.432. The molecule has 0 atom stereocenters. The molecule has 0 saturated heterocycles. The van der Waals surface area contributed by atoms with Crippen molar-refractivity contribution in [3.63, 3.8) is 0 Å². The van der Waals surface area contributed by atoms with Crippen LogP contribution in [0.3, 0.4) is 0 Å². The molecule has 0 heterocycles. The van der Waals surface area contributed by atoms with Gasteiger partial charge in [-0.1, -0.05) is 65.9 Å². The maximum Gasteiger partial charge on any atom is 0.469 e. The number of rotatable bonds is 20. The van der Waals surface area contributed by atoms with Gasteiger partial charge in [-0.15, -0.1) is 0 Å². The van der Waals surface area contributed by atoms with Gasteiger partial charge in [0.2, 0.25) is 0 Å². The molecule has 0 aromatic carbocycles. The lowest BCUT2D eigenvalue weighted by Crippen LogP contribution is -2.62. The molecule has 0 amide bonds. The van der Waals surface area contributed by atoms with Crippen LogP contribution >= 0.6 is 0 Å². The van der Waals surface area contributed by atoms with Gasteiger partial charge in [-0.05, 0) is 70.8 Å². The van der Waals surface area contributed by atoms with E-state index in [1.165, 1.54) is 38.5 Å². The normalized spacial score (nSPS) is 13.2. The van der Waals surface area contributed by atoms with Gasteiger partial charge in [0.1, 0.15) is 0 Å². The van der Waals surface area contributed by atoms with Crippen LogP contribution in [0.4, 0.5) is 0 Å². The van der Waals surface area contributed by atoms with E-state index in [2.05, 4.69) is 66.6 Å². The lowest BCUT2D eigenvalue weighted by molar-refractivity contribution is -0.139. The van der Waals surface area contributed by atoms with Crippen molar-refractivity contribution < 1.29 is 21.9 Å². The molecule has 34 heavy (non-hydrogen) atoms. The predicted molar refractivity (Wildman–Crippen MR) is 156 cm³/mol. The molecule has 0 N–H and O–H groups in total. The van der Waals surface area contributed by atoms with Crippen molar-refractivity contribution in [2.45, 2.75) is 136 Å². The number of unbranched alkanes of at least 4 members (excludes halogenated alkanes) is 3. The second-order valence-corrected chi connectivity index (χ2v) is 28.0. The summed E-state index contributed by atoms with van der Waals surface area (Å²) in [4.78, 5) is 11.9. The number of carbonyl (C=O) groups excluding carboxylic acids is 1. The van der Waals surface area contributed by atoms with Gasteiger partial charge in [-0.2, -0.15) is 0 Å². The Morgan fingerprint density at radius 1 is 0.647 bits per heavy atom. The van der Waals surface area contributed by atoms with E-state index in [1.54, 1.807) is 6.92 Å². The van der Waals surface area contributed by atoms with Crippen molar-refractivity contribution in [1.82, 2.24) is 0 Å². The van der Waals surface area contributed by atoms with Gasteiger partial charge in [0.25, 0.3) is 0 Å². The third-order valence-electron chi connectivity index (χ3n) is 5.90. The van der Waals surface area contributed by atoms with Crippen LogP contribution in [0.25, 0.3) is 0 Å². The zero-order valence-corrected chi connectivity index (χ0v) is 28.2. The molecule has 9 heteroatoms. The average molecular weight is 549 g/mol. The minimum absolute atomic E-state index is 0.331. The summed E-state index contributed by atoms with van der Waals surface area (Å²) in [5.74, 6) is -0.331. The van der Waals surface area contributed by atoms with Crippen molar-refractivity contribution in [3.05, 3.63) is 12.2 Å². The zero-order chi connectivity index (χ0) is 26.5. The number of ether oxygens (including phenoxy) is 1. The molecule has 0 aromatic rings. The first kappa shape index (κ1) is 34.0. The largest absolute Gasteiger partial charge is 0.469 e. The second-order valence-electron chi connectivity index (χ2n) is 11.6. The molecule has 0 aliphatic rings. The van der Waals surface area contributed by atoms with Crippen LogP contribution in [-0.2, 0) is 21.9 Å². The number of esters is 1. The lowest BCUT2D eigenvalue weighted by atomic mass is 10.4. The average Bonchev–Trinajstić information content (AvgIpc) is 2.71. The van der Waals surface area contributed by atoms with Crippen LogP contribution in [0, 0.1) is 0 Å². The van der Waals surface area contributed by atoms with Gasteiger partial charge in [-0.3, -0.25) is 0 Å². The minimum Gasteiger partial charge on any atom is -0.462 e. The van der Waals surface area contributed by atoms with Crippen LogP contribution in [0.15, 0.2) is 12.2 Å². The highest BCUT2D eigenvalue weighted by atomic mass is 28.5. The Bertz CT molecular complexity index is 553. The van der Waals surface area contributed by atoms with Crippen molar-refractivity contribution >= 4 is 39.7 Å². The SMILES string of the molecule is C=C(C)C(=O)OCCC[Si](O[Si](C)(C)CCCC)(O[Si](C)(C)CCCC)O[Si](C)(C)CCCC. The monoisotopic (exact) mass is 548 g/mol. The Morgan fingerprint density at radius 3 is 1.29 bits per heavy atom. The molecule has 0 aliphatic heterocycles. The molecular weight excluding hydrogens is 493 g/mol. The molecule has 0 bridgehead atoms. The molecule has 0 unspecified atom stereocenters. The first-order valence-corrected chi connectivity index (χ1v) is 24.8. The Balaban J connectivity index is 6.02.